The molecule has 0 aliphatic rings. The molecule has 4 aromatic carbocycles. The van der Waals surface area contributed by atoms with Crippen LogP contribution in [0.2, 0.25) is 10.0 Å². The van der Waals surface area contributed by atoms with E-state index in [4.69, 9.17) is 23.2 Å². The molecule has 1 unspecified atom stereocenters. The van der Waals surface area contributed by atoms with E-state index in [2.05, 4.69) is 5.10 Å². The molecule has 0 saturated heterocycles. The third-order valence-corrected chi connectivity index (χ3v) is 6.98. The van der Waals surface area contributed by atoms with Gasteiger partial charge in [0.2, 0.25) is 6.30 Å². The minimum Gasteiger partial charge on any atom is -0.226 e. The quantitative estimate of drug-likeness (QED) is 0.183. The Balaban J connectivity index is 1.64. The second-order valence-electron chi connectivity index (χ2n) is 8.91. The average Bonchev–Trinajstić information content (AvgIpc) is 3.29. The van der Waals surface area contributed by atoms with Gasteiger partial charge in [-0.3, -0.25) is 0 Å². The molecular weight excluding hydrogens is 561 g/mol. The number of hydrogen-bond acceptors (Lipinski definition) is 1. The Hall–Kier alpha value is -3.49. The second-order valence-corrected chi connectivity index (χ2v) is 9.75. The Morgan fingerprint density at radius 2 is 1.59 bits per heavy atom. The lowest BCUT2D eigenvalue weighted by atomic mass is 9.99. The van der Waals surface area contributed by atoms with Gasteiger partial charge < -0.3 is 0 Å². The van der Waals surface area contributed by atoms with Gasteiger partial charge in [-0.25, -0.2) is 17.9 Å². The predicted molar refractivity (Wildman–Crippen MR) is 140 cm³/mol. The normalized spacial score (nSPS) is 12.7. The van der Waals surface area contributed by atoms with Crippen LogP contribution in [0.1, 0.15) is 28.5 Å². The van der Waals surface area contributed by atoms with E-state index in [0.717, 1.165) is 35.4 Å². The molecule has 0 bridgehead atoms. The summed E-state index contributed by atoms with van der Waals surface area (Å²) in [6.45, 7) is 0. The van der Waals surface area contributed by atoms with Crippen molar-refractivity contribution in [3.05, 3.63) is 123 Å². The van der Waals surface area contributed by atoms with Crippen molar-refractivity contribution in [2.75, 3.05) is 0 Å². The van der Waals surface area contributed by atoms with Gasteiger partial charge in [-0.05, 0) is 60.4 Å². The van der Waals surface area contributed by atoms with Crippen molar-refractivity contribution >= 4 is 34.1 Å². The van der Waals surface area contributed by atoms with Crippen LogP contribution in [-0.4, -0.2) is 9.78 Å². The molecule has 10 heteroatoms. The number of fused-ring (bicyclic) bond motifs is 1. The molecule has 0 spiro atoms. The minimum absolute atomic E-state index is 0.00472. The molecule has 0 saturated carbocycles. The van der Waals surface area contributed by atoms with Gasteiger partial charge in [0, 0.05) is 26.6 Å². The van der Waals surface area contributed by atoms with Crippen LogP contribution in [0.25, 0.3) is 22.2 Å². The van der Waals surface area contributed by atoms with Crippen molar-refractivity contribution in [3.63, 3.8) is 0 Å². The summed E-state index contributed by atoms with van der Waals surface area (Å²) >= 11 is 12.3. The maximum Gasteiger partial charge on any atom is 0.418 e. The lowest BCUT2D eigenvalue weighted by molar-refractivity contribution is -0.136. The zero-order chi connectivity index (χ0) is 27.9. The zero-order valence-corrected chi connectivity index (χ0v) is 21.4. The van der Waals surface area contributed by atoms with Crippen LogP contribution in [0.4, 0.5) is 26.3 Å². The van der Waals surface area contributed by atoms with Gasteiger partial charge in [-0.2, -0.15) is 18.3 Å². The van der Waals surface area contributed by atoms with Crippen molar-refractivity contribution in [2.45, 2.75) is 25.3 Å². The molecule has 0 amide bonds. The molecule has 5 rings (SSSR count). The SMILES string of the molecule is Fc1cccc(C(F)n2nc3c(C(F)(F)F)cccc3c2-c2cccc(CCc3cc(Cl)ccc3Cl)c2)c1F. The second kappa shape index (κ2) is 10.6. The monoisotopic (exact) mass is 578 g/mol. The number of halogens is 8. The summed E-state index contributed by atoms with van der Waals surface area (Å²) in [5.74, 6) is -2.73. The first-order valence-corrected chi connectivity index (χ1v) is 12.5. The fourth-order valence-corrected chi connectivity index (χ4v) is 4.94. The van der Waals surface area contributed by atoms with Crippen LogP contribution in [0.3, 0.4) is 0 Å². The first kappa shape index (κ1) is 27.1. The number of nitrogens with zero attached hydrogens (tertiary/aromatic N) is 2. The van der Waals surface area contributed by atoms with E-state index >= 15 is 4.39 Å². The molecule has 1 heterocycles. The molecule has 0 aliphatic carbocycles. The highest BCUT2D eigenvalue weighted by Gasteiger charge is 2.35. The van der Waals surface area contributed by atoms with E-state index in [1.807, 2.05) is 6.07 Å². The zero-order valence-electron chi connectivity index (χ0n) is 19.9. The number of alkyl halides is 4. The molecule has 39 heavy (non-hydrogen) atoms. The molecule has 2 nitrogen and oxygen atoms in total. The number of rotatable bonds is 6. The highest BCUT2D eigenvalue weighted by Crippen LogP contribution is 2.40. The minimum atomic E-state index is -4.77. The standard InChI is InChI=1S/C29H18Cl2F6N2/c30-19-12-13-23(31)17(15-19)11-10-16-4-1-5-18(14-16)27-21-7-2-8-22(29(35,36)37)26(21)38-39(27)28(34)20-6-3-9-24(32)25(20)33/h1-9,12-15,28H,10-11H2. The van der Waals surface area contributed by atoms with E-state index in [1.54, 1.807) is 36.4 Å². The van der Waals surface area contributed by atoms with Crippen molar-refractivity contribution < 1.29 is 26.3 Å². The molecule has 0 aliphatic heterocycles. The fourth-order valence-electron chi connectivity index (χ4n) is 4.53. The summed E-state index contributed by atoms with van der Waals surface area (Å²) in [4.78, 5) is 0. The van der Waals surface area contributed by atoms with E-state index in [0.29, 0.717) is 33.1 Å². The van der Waals surface area contributed by atoms with Gasteiger partial charge in [0.05, 0.1) is 11.3 Å². The maximum absolute atomic E-state index is 15.9. The van der Waals surface area contributed by atoms with Gasteiger partial charge in [0.1, 0.15) is 5.52 Å². The molecule has 5 aromatic rings. The van der Waals surface area contributed by atoms with Crippen LogP contribution >= 0.6 is 23.2 Å². The fraction of sp³-hybridized carbons (Fsp3) is 0.138. The number of benzene rings is 4. The van der Waals surface area contributed by atoms with Crippen molar-refractivity contribution in [1.82, 2.24) is 9.78 Å². The Morgan fingerprint density at radius 1 is 0.846 bits per heavy atom. The largest absolute Gasteiger partial charge is 0.418 e. The maximum atomic E-state index is 15.9. The third kappa shape index (κ3) is 5.36. The van der Waals surface area contributed by atoms with Gasteiger partial charge in [0.25, 0.3) is 0 Å². The molecule has 1 aromatic heterocycles. The summed E-state index contributed by atoms with van der Waals surface area (Å²) in [6, 6.07) is 18.3. The summed E-state index contributed by atoms with van der Waals surface area (Å²) in [5.41, 5.74) is -0.325. The summed E-state index contributed by atoms with van der Waals surface area (Å²) < 4.78 is 86.4. The molecular formula is C29H18Cl2F6N2. The van der Waals surface area contributed by atoms with E-state index in [-0.39, 0.29) is 11.1 Å². The highest BCUT2D eigenvalue weighted by atomic mass is 35.5. The highest BCUT2D eigenvalue weighted by molar-refractivity contribution is 6.33. The number of aromatic nitrogens is 2. The van der Waals surface area contributed by atoms with Crippen molar-refractivity contribution in [1.29, 1.82) is 0 Å². The van der Waals surface area contributed by atoms with Gasteiger partial charge >= 0.3 is 6.18 Å². The molecule has 200 valence electrons. The van der Waals surface area contributed by atoms with Crippen molar-refractivity contribution in [2.24, 2.45) is 0 Å². The molecule has 0 radical (unpaired) electrons. The first-order valence-electron chi connectivity index (χ1n) is 11.7. The lowest BCUT2D eigenvalue weighted by Crippen LogP contribution is -2.12. The summed E-state index contributed by atoms with van der Waals surface area (Å²) in [5, 5.41) is 5.02. The Morgan fingerprint density at radius 3 is 2.36 bits per heavy atom. The van der Waals surface area contributed by atoms with E-state index < -0.39 is 40.7 Å². The first-order chi connectivity index (χ1) is 18.5. The topological polar surface area (TPSA) is 17.8 Å². The predicted octanol–water partition coefficient (Wildman–Crippen LogP) is 9.61. The van der Waals surface area contributed by atoms with E-state index in [1.165, 1.54) is 12.1 Å². The Labute approximate surface area is 229 Å². The van der Waals surface area contributed by atoms with Gasteiger partial charge in [0.15, 0.2) is 11.6 Å². The van der Waals surface area contributed by atoms with Gasteiger partial charge in [-0.15, -0.1) is 0 Å². The summed E-state index contributed by atoms with van der Waals surface area (Å²) in [6.07, 6.45) is -6.17. The summed E-state index contributed by atoms with van der Waals surface area (Å²) in [7, 11) is 0. The third-order valence-electron chi connectivity index (χ3n) is 6.38. The van der Waals surface area contributed by atoms with E-state index in [9.17, 15) is 22.0 Å². The molecule has 1 atom stereocenters. The lowest BCUT2D eigenvalue weighted by Gasteiger charge is -2.15. The van der Waals surface area contributed by atoms with Crippen LogP contribution in [-0.2, 0) is 19.0 Å². The number of hydrogen-bond donors (Lipinski definition) is 0. The van der Waals surface area contributed by atoms with Crippen molar-refractivity contribution in [3.8, 4) is 11.3 Å². The smallest absolute Gasteiger partial charge is 0.226 e. The number of aryl methyl sites for hydroxylation is 2. The van der Waals surface area contributed by atoms with Crippen LogP contribution in [0.15, 0.2) is 78.9 Å². The van der Waals surface area contributed by atoms with Crippen LogP contribution in [0, 0.1) is 11.6 Å². The average molecular weight is 579 g/mol. The van der Waals surface area contributed by atoms with Crippen LogP contribution < -0.4 is 0 Å². The van der Waals surface area contributed by atoms with Gasteiger partial charge in [-0.1, -0.05) is 65.7 Å². The Bertz CT molecular complexity index is 1680. The molecule has 0 N–H and O–H groups in total. The van der Waals surface area contributed by atoms with Crippen LogP contribution in [0.5, 0.6) is 0 Å². The Kier molecular flexibility index (Phi) is 7.35. The molecule has 0 fully saturated rings.